The molecule has 1 aromatic rings. The second-order valence-electron chi connectivity index (χ2n) is 4.16. The van der Waals surface area contributed by atoms with E-state index in [-0.39, 0.29) is 0 Å². The van der Waals surface area contributed by atoms with Crippen LogP contribution in [-0.2, 0) is 0 Å². The van der Waals surface area contributed by atoms with E-state index in [4.69, 9.17) is 5.26 Å². The Hall–Kier alpha value is -1.01. The van der Waals surface area contributed by atoms with Crippen molar-refractivity contribution in [1.29, 1.82) is 5.26 Å². The van der Waals surface area contributed by atoms with Gasteiger partial charge in [-0.1, -0.05) is 22.0 Å². The van der Waals surface area contributed by atoms with E-state index in [2.05, 4.69) is 22.0 Å². The van der Waals surface area contributed by atoms with Crippen molar-refractivity contribution in [3.05, 3.63) is 28.2 Å². The zero-order valence-electron chi connectivity index (χ0n) is 9.50. The van der Waals surface area contributed by atoms with E-state index in [1.54, 1.807) is 0 Å². The quantitative estimate of drug-likeness (QED) is 0.820. The first-order valence-electron chi connectivity index (χ1n) is 4.80. The summed E-state index contributed by atoms with van der Waals surface area (Å²) in [6, 6.07) is 8.38. The first kappa shape index (κ1) is 12.1. The number of rotatable bonds is 2. The van der Waals surface area contributed by atoms with Crippen LogP contribution in [-0.4, -0.2) is 12.6 Å². The second kappa shape index (κ2) is 4.24. The normalized spacial score (nSPS) is 10.9. The Labute approximate surface area is 99.6 Å². The number of aryl methyl sites for hydroxylation is 1. The SMILES string of the molecule is Cc1ccc(Br)cc1N(C)C(C)(C)C#N. The van der Waals surface area contributed by atoms with Crippen LogP contribution in [0.15, 0.2) is 22.7 Å². The molecule has 1 aromatic carbocycles. The van der Waals surface area contributed by atoms with Gasteiger partial charge in [0.2, 0.25) is 0 Å². The average Bonchev–Trinajstić information content (AvgIpc) is 2.20. The molecule has 0 saturated heterocycles. The molecule has 3 heteroatoms. The molecule has 80 valence electrons. The monoisotopic (exact) mass is 266 g/mol. The lowest BCUT2D eigenvalue weighted by Crippen LogP contribution is -2.40. The summed E-state index contributed by atoms with van der Waals surface area (Å²) in [5.74, 6) is 0. The summed E-state index contributed by atoms with van der Waals surface area (Å²) in [5.41, 5.74) is 1.76. The van der Waals surface area contributed by atoms with E-state index in [1.807, 2.05) is 50.9 Å². The highest BCUT2D eigenvalue weighted by Crippen LogP contribution is 2.28. The fourth-order valence-electron chi connectivity index (χ4n) is 1.32. The highest BCUT2D eigenvalue weighted by atomic mass is 79.9. The second-order valence-corrected chi connectivity index (χ2v) is 5.08. The fourth-order valence-corrected chi connectivity index (χ4v) is 1.67. The van der Waals surface area contributed by atoms with Gasteiger partial charge in [0.1, 0.15) is 5.54 Å². The zero-order chi connectivity index (χ0) is 11.6. The molecule has 0 fully saturated rings. The van der Waals surface area contributed by atoms with Gasteiger partial charge in [-0.15, -0.1) is 0 Å². The summed E-state index contributed by atoms with van der Waals surface area (Å²) in [7, 11) is 1.94. The Bertz CT molecular complexity index is 405. The maximum absolute atomic E-state index is 9.08. The first-order chi connectivity index (χ1) is 6.88. The molecular formula is C12H15BrN2. The highest BCUT2D eigenvalue weighted by Gasteiger charge is 2.24. The van der Waals surface area contributed by atoms with Crippen molar-refractivity contribution in [2.75, 3.05) is 11.9 Å². The summed E-state index contributed by atoms with van der Waals surface area (Å²) in [6.45, 7) is 5.87. The Kier molecular flexibility index (Phi) is 3.41. The van der Waals surface area contributed by atoms with Crippen molar-refractivity contribution in [3.8, 4) is 6.07 Å². The molecule has 0 aliphatic rings. The lowest BCUT2D eigenvalue weighted by atomic mass is 10.0. The summed E-state index contributed by atoms with van der Waals surface area (Å²) in [5, 5.41) is 9.08. The topological polar surface area (TPSA) is 27.0 Å². The third kappa shape index (κ3) is 2.51. The van der Waals surface area contributed by atoms with Gasteiger partial charge in [-0.2, -0.15) is 5.26 Å². The summed E-state index contributed by atoms with van der Waals surface area (Å²) in [4.78, 5) is 1.99. The molecular weight excluding hydrogens is 252 g/mol. The van der Waals surface area contributed by atoms with Gasteiger partial charge < -0.3 is 4.90 Å². The number of halogens is 1. The fraction of sp³-hybridized carbons (Fsp3) is 0.417. The smallest absolute Gasteiger partial charge is 0.121 e. The lowest BCUT2D eigenvalue weighted by Gasteiger charge is -2.32. The summed E-state index contributed by atoms with van der Waals surface area (Å²) >= 11 is 3.44. The van der Waals surface area contributed by atoms with Crippen molar-refractivity contribution in [1.82, 2.24) is 0 Å². The Morgan fingerprint density at radius 1 is 1.40 bits per heavy atom. The van der Waals surface area contributed by atoms with E-state index in [0.29, 0.717) is 0 Å². The molecule has 15 heavy (non-hydrogen) atoms. The van der Waals surface area contributed by atoms with Crippen LogP contribution in [0.1, 0.15) is 19.4 Å². The molecule has 0 saturated carbocycles. The maximum atomic E-state index is 9.08. The van der Waals surface area contributed by atoms with Gasteiger partial charge in [0.25, 0.3) is 0 Å². The Balaban J connectivity index is 3.17. The van der Waals surface area contributed by atoms with E-state index in [1.165, 1.54) is 5.56 Å². The lowest BCUT2D eigenvalue weighted by molar-refractivity contribution is 0.616. The molecule has 0 heterocycles. The molecule has 0 atom stereocenters. The van der Waals surface area contributed by atoms with Crippen molar-refractivity contribution < 1.29 is 0 Å². The van der Waals surface area contributed by atoms with Crippen molar-refractivity contribution in [3.63, 3.8) is 0 Å². The van der Waals surface area contributed by atoms with Crippen LogP contribution in [0.5, 0.6) is 0 Å². The zero-order valence-corrected chi connectivity index (χ0v) is 11.1. The molecule has 0 unspecified atom stereocenters. The molecule has 1 rings (SSSR count). The Morgan fingerprint density at radius 3 is 2.53 bits per heavy atom. The van der Waals surface area contributed by atoms with E-state index < -0.39 is 5.54 Å². The Morgan fingerprint density at radius 2 is 2.00 bits per heavy atom. The van der Waals surface area contributed by atoms with E-state index >= 15 is 0 Å². The van der Waals surface area contributed by atoms with E-state index in [9.17, 15) is 0 Å². The van der Waals surface area contributed by atoms with Crippen LogP contribution in [0.4, 0.5) is 5.69 Å². The van der Waals surface area contributed by atoms with Crippen LogP contribution in [0.3, 0.4) is 0 Å². The minimum atomic E-state index is -0.494. The predicted octanol–water partition coefficient (Wildman–Crippen LogP) is 3.50. The molecule has 0 aromatic heterocycles. The minimum Gasteiger partial charge on any atom is -0.357 e. The van der Waals surface area contributed by atoms with Gasteiger partial charge in [0.05, 0.1) is 6.07 Å². The number of nitrogens with zero attached hydrogens (tertiary/aromatic N) is 2. The van der Waals surface area contributed by atoms with Gasteiger partial charge in [-0.25, -0.2) is 0 Å². The van der Waals surface area contributed by atoms with Crippen LogP contribution < -0.4 is 4.90 Å². The van der Waals surface area contributed by atoms with Crippen molar-refractivity contribution >= 4 is 21.6 Å². The number of hydrogen-bond acceptors (Lipinski definition) is 2. The number of benzene rings is 1. The van der Waals surface area contributed by atoms with Crippen LogP contribution >= 0.6 is 15.9 Å². The predicted molar refractivity (Wildman–Crippen MR) is 67.0 cm³/mol. The van der Waals surface area contributed by atoms with Gasteiger partial charge in [0.15, 0.2) is 0 Å². The van der Waals surface area contributed by atoms with Gasteiger partial charge in [0, 0.05) is 17.2 Å². The number of hydrogen-bond donors (Lipinski definition) is 0. The van der Waals surface area contributed by atoms with Gasteiger partial charge >= 0.3 is 0 Å². The third-order valence-corrected chi connectivity index (χ3v) is 3.14. The summed E-state index contributed by atoms with van der Waals surface area (Å²) < 4.78 is 1.03. The number of anilines is 1. The molecule has 2 nitrogen and oxygen atoms in total. The first-order valence-corrected chi connectivity index (χ1v) is 5.59. The van der Waals surface area contributed by atoms with Crippen LogP contribution in [0, 0.1) is 18.3 Å². The van der Waals surface area contributed by atoms with Gasteiger partial charge in [-0.3, -0.25) is 0 Å². The molecule has 0 N–H and O–H groups in total. The van der Waals surface area contributed by atoms with Crippen LogP contribution in [0.2, 0.25) is 0 Å². The third-order valence-electron chi connectivity index (χ3n) is 2.64. The molecule has 0 aliphatic carbocycles. The molecule has 0 amide bonds. The number of nitriles is 1. The standard InChI is InChI=1S/C12H15BrN2/c1-9-5-6-10(13)7-11(9)15(4)12(2,3)8-14/h5-7H,1-4H3. The minimum absolute atomic E-state index is 0.494. The van der Waals surface area contributed by atoms with Crippen molar-refractivity contribution in [2.24, 2.45) is 0 Å². The highest BCUT2D eigenvalue weighted by molar-refractivity contribution is 9.10. The summed E-state index contributed by atoms with van der Waals surface area (Å²) in [6.07, 6.45) is 0. The molecule has 0 aliphatic heterocycles. The van der Waals surface area contributed by atoms with E-state index in [0.717, 1.165) is 10.2 Å². The largest absolute Gasteiger partial charge is 0.357 e. The molecule has 0 radical (unpaired) electrons. The van der Waals surface area contributed by atoms with Gasteiger partial charge in [-0.05, 0) is 38.5 Å². The van der Waals surface area contributed by atoms with Crippen LogP contribution in [0.25, 0.3) is 0 Å². The van der Waals surface area contributed by atoms with Crippen molar-refractivity contribution in [2.45, 2.75) is 26.3 Å². The maximum Gasteiger partial charge on any atom is 0.121 e. The average molecular weight is 267 g/mol. The molecule has 0 spiro atoms. The molecule has 0 bridgehead atoms.